The molecule has 1 heterocycles. The highest BCUT2D eigenvalue weighted by Crippen LogP contribution is 2.23. The van der Waals surface area contributed by atoms with E-state index in [0.717, 1.165) is 22.7 Å². The van der Waals surface area contributed by atoms with Crippen LogP contribution in [0.1, 0.15) is 12.5 Å². The Morgan fingerprint density at radius 1 is 1.32 bits per heavy atom. The Labute approximate surface area is 148 Å². The van der Waals surface area contributed by atoms with Crippen LogP contribution in [0.3, 0.4) is 0 Å². The van der Waals surface area contributed by atoms with Gasteiger partial charge in [-0.05, 0) is 36.8 Å². The molecule has 0 bridgehead atoms. The lowest BCUT2D eigenvalue weighted by atomic mass is 10.2. The number of aromatic nitrogens is 2. The Kier molecular flexibility index (Phi) is 5.45. The number of carbonyl (C=O) groups excluding carboxylic acids is 1. The molecule has 0 aliphatic carbocycles. The van der Waals surface area contributed by atoms with Gasteiger partial charge in [-0.2, -0.15) is 5.10 Å². The highest BCUT2D eigenvalue weighted by atomic mass is 32.2. The molecule has 25 heavy (non-hydrogen) atoms. The van der Waals surface area contributed by atoms with Crippen LogP contribution in [-0.2, 0) is 11.3 Å². The number of imidazole rings is 1. The molecule has 0 radical (unpaired) electrons. The van der Waals surface area contributed by atoms with Gasteiger partial charge in [0.15, 0.2) is 5.16 Å². The van der Waals surface area contributed by atoms with Crippen molar-refractivity contribution in [2.45, 2.75) is 18.6 Å². The summed E-state index contributed by atoms with van der Waals surface area (Å²) in [5, 5.41) is 4.65. The number of hydrogen-bond acceptors (Lipinski definition) is 4. The van der Waals surface area contributed by atoms with E-state index >= 15 is 0 Å². The van der Waals surface area contributed by atoms with Gasteiger partial charge in [-0.3, -0.25) is 4.79 Å². The Morgan fingerprint density at radius 2 is 2.16 bits per heavy atom. The summed E-state index contributed by atoms with van der Waals surface area (Å²) in [6, 6.07) is 13.9. The number of fused-ring (bicyclic) bond motifs is 1. The molecule has 3 rings (SSSR count). The molecular formula is C18H17FN4OS. The minimum atomic E-state index is -0.343. The maximum atomic E-state index is 13.1. The van der Waals surface area contributed by atoms with Gasteiger partial charge < -0.3 is 4.57 Å². The summed E-state index contributed by atoms with van der Waals surface area (Å²) < 4.78 is 15.1. The van der Waals surface area contributed by atoms with Crippen LogP contribution in [0.15, 0.2) is 58.8 Å². The van der Waals surface area contributed by atoms with Crippen LogP contribution in [0.4, 0.5) is 4.39 Å². The average Bonchev–Trinajstić information content (AvgIpc) is 2.97. The summed E-state index contributed by atoms with van der Waals surface area (Å²) in [4.78, 5) is 16.5. The van der Waals surface area contributed by atoms with Gasteiger partial charge >= 0.3 is 0 Å². The first-order chi connectivity index (χ1) is 12.2. The molecule has 0 unspecified atom stereocenters. The number of carbonyl (C=O) groups is 1. The van der Waals surface area contributed by atoms with E-state index in [0.29, 0.717) is 5.56 Å². The van der Waals surface area contributed by atoms with Crippen LogP contribution in [0.2, 0.25) is 0 Å². The minimum absolute atomic E-state index is 0.198. The summed E-state index contributed by atoms with van der Waals surface area (Å²) in [5.74, 6) is -0.388. The van der Waals surface area contributed by atoms with Crippen molar-refractivity contribution in [3.63, 3.8) is 0 Å². The first-order valence-electron chi connectivity index (χ1n) is 7.83. The van der Waals surface area contributed by atoms with E-state index in [-0.39, 0.29) is 17.5 Å². The number of hydrazone groups is 1. The van der Waals surface area contributed by atoms with Crippen LogP contribution in [0.25, 0.3) is 11.0 Å². The lowest BCUT2D eigenvalue weighted by Gasteiger charge is -2.04. The molecule has 0 aliphatic heterocycles. The third-order valence-electron chi connectivity index (χ3n) is 3.52. The van der Waals surface area contributed by atoms with E-state index in [9.17, 15) is 9.18 Å². The van der Waals surface area contributed by atoms with Crippen molar-refractivity contribution in [3.8, 4) is 0 Å². The number of aryl methyl sites for hydroxylation is 1. The average molecular weight is 356 g/mol. The summed E-state index contributed by atoms with van der Waals surface area (Å²) in [7, 11) is 0. The van der Waals surface area contributed by atoms with Gasteiger partial charge in [0.05, 0.1) is 23.0 Å². The van der Waals surface area contributed by atoms with Crippen molar-refractivity contribution >= 4 is 34.9 Å². The first-order valence-corrected chi connectivity index (χ1v) is 8.81. The summed E-state index contributed by atoms with van der Waals surface area (Å²) in [6.45, 7) is 2.82. The number of nitrogens with zero attached hydrogens (tertiary/aromatic N) is 3. The Balaban J connectivity index is 1.59. The fourth-order valence-electron chi connectivity index (χ4n) is 2.40. The third-order valence-corrected chi connectivity index (χ3v) is 4.50. The van der Waals surface area contributed by atoms with Gasteiger partial charge in [0.1, 0.15) is 5.82 Å². The number of nitrogens with one attached hydrogen (secondary N) is 1. The quantitative estimate of drug-likeness (QED) is 0.418. The number of thioether (sulfide) groups is 1. The number of rotatable bonds is 6. The van der Waals surface area contributed by atoms with Gasteiger partial charge in [-0.25, -0.2) is 14.8 Å². The molecule has 0 fully saturated rings. The van der Waals surface area contributed by atoms with Gasteiger partial charge in [-0.1, -0.05) is 36.0 Å². The first kappa shape index (κ1) is 17.2. The Hall–Kier alpha value is -2.67. The van der Waals surface area contributed by atoms with Crippen molar-refractivity contribution in [1.82, 2.24) is 15.0 Å². The number of para-hydroxylation sites is 2. The fourth-order valence-corrected chi connectivity index (χ4v) is 3.27. The van der Waals surface area contributed by atoms with E-state index in [4.69, 9.17) is 0 Å². The van der Waals surface area contributed by atoms with Crippen molar-refractivity contribution in [1.29, 1.82) is 0 Å². The molecule has 0 atom stereocenters. The third kappa shape index (κ3) is 4.24. The van der Waals surface area contributed by atoms with Crippen molar-refractivity contribution < 1.29 is 9.18 Å². The predicted octanol–water partition coefficient (Wildman–Crippen LogP) is 3.44. The second kappa shape index (κ2) is 7.94. The Bertz CT molecular complexity index is 922. The van der Waals surface area contributed by atoms with Gasteiger partial charge in [-0.15, -0.1) is 0 Å². The number of benzene rings is 2. The molecular weight excluding hydrogens is 339 g/mol. The maximum absolute atomic E-state index is 13.1. The van der Waals surface area contributed by atoms with Crippen molar-refractivity contribution in [2.75, 3.05) is 5.75 Å². The summed E-state index contributed by atoms with van der Waals surface area (Å²) >= 11 is 1.36. The van der Waals surface area contributed by atoms with Crippen molar-refractivity contribution in [2.24, 2.45) is 5.10 Å². The second-order valence-electron chi connectivity index (χ2n) is 5.26. The molecule has 7 heteroatoms. The van der Waals surface area contributed by atoms with Crippen LogP contribution in [0.5, 0.6) is 0 Å². The molecule has 0 spiro atoms. The molecule has 0 aliphatic rings. The molecule has 1 aromatic heterocycles. The summed E-state index contributed by atoms with van der Waals surface area (Å²) in [5.41, 5.74) is 4.99. The standard InChI is InChI=1S/C18H17FN4OS/c1-2-23-16-9-4-3-8-15(16)21-18(23)25-12-17(24)22-20-11-13-6-5-7-14(19)10-13/h3-11H,2,12H2,1H3,(H,22,24)/b20-11-. The number of halogens is 1. The normalized spacial score (nSPS) is 11.3. The van der Waals surface area contributed by atoms with Crippen LogP contribution < -0.4 is 5.43 Å². The van der Waals surface area contributed by atoms with E-state index in [1.807, 2.05) is 31.2 Å². The zero-order valence-electron chi connectivity index (χ0n) is 13.6. The van der Waals surface area contributed by atoms with E-state index in [1.54, 1.807) is 12.1 Å². The fraction of sp³-hybridized carbons (Fsp3) is 0.167. The van der Waals surface area contributed by atoms with Gasteiger partial charge in [0.2, 0.25) is 0 Å². The van der Waals surface area contributed by atoms with Crippen molar-refractivity contribution in [3.05, 3.63) is 59.9 Å². The highest BCUT2D eigenvalue weighted by Gasteiger charge is 2.11. The van der Waals surface area contributed by atoms with Crippen LogP contribution in [-0.4, -0.2) is 27.4 Å². The SMILES string of the molecule is CCn1c(SCC(=O)N/N=C\c2cccc(F)c2)nc2ccccc21. The molecule has 2 aromatic carbocycles. The topological polar surface area (TPSA) is 59.3 Å². The van der Waals surface area contributed by atoms with Crippen LogP contribution in [0, 0.1) is 5.82 Å². The van der Waals surface area contributed by atoms with Gasteiger partial charge in [0.25, 0.3) is 5.91 Å². The molecule has 3 aromatic rings. The van der Waals surface area contributed by atoms with E-state index < -0.39 is 0 Å². The lowest BCUT2D eigenvalue weighted by Crippen LogP contribution is -2.20. The highest BCUT2D eigenvalue weighted by molar-refractivity contribution is 7.99. The lowest BCUT2D eigenvalue weighted by molar-refractivity contribution is -0.118. The molecule has 128 valence electrons. The second-order valence-corrected chi connectivity index (χ2v) is 6.21. The summed E-state index contributed by atoms with van der Waals surface area (Å²) in [6.07, 6.45) is 1.41. The monoisotopic (exact) mass is 356 g/mol. The van der Waals surface area contributed by atoms with Gasteiger partial charge in [0, 0.05) is 6.54 Å². The molecule has 0 saturated heterocycles. The van der Waals surface area contributed by atoms with Crippen LogP contribution >= 0.6 is 11.8 Å². The predicted molar refractivity (Wildman–Crippen MR) is 98.3 cm³/mol. The van der Waals surface area contributed by atoms with E-state index in [1.165, 1.54) is 30.1 Å². The largest absolute Gasteiger partial charge is 0.319 e. The molecule has 1 N–H and O–H groups in total. The molecule has 0 saturated carbocycles. The Morgan fingerprint density at radius 3 is 2.96 bits per heavy atom. The molecule has 1 amide bonds. The zero-order chi connectivity index (χ0) is 17.6. The minimum Gasteiger partial charge on any atom is -0.319 e. The number of hydrogen-bond donors (Lipinski definition) is 1. The smallest absolute Gasteiger partial charge is 0.250 e. The zero-order valence-corrected chi connectivity index (χ0v) is 14.5. The number of amides is 1. The van der Waals surface area contributed by atoms with E-state index in [2.05, 4.69) is 20.1 Å². The maximum Gasteiger partial charge on any atom is 0.250 e. The molecule has 5 nitrogen and oxygen atoms in total.